The second kappa shape index (κ2) is 10.4. The van der Waals surface area contributed by atoms with Crippen molar-refractivity contribution in [2.24, 2.45) is 0 Å². The molecule has 3 rings (SSSR count). The lowest BCUT2D eigenvalue weighted by Gasteiger charge is -2.18. The zero-order valence-corrected chi connectivity index (χ0v) is 16.5. The van der Waals surface area contributed by atoms with Gasteiger partial charge in [0.2, 0.25) is 5.91 Å². The number of rotatable bonds is 9. The van der Waals surface area contributed by atoms with Gasteiger partial charge in [-0.3, -0.25) is 4.79 Å². The summed E-state index contributed by atoms with van der Waals surface area (Å²) >= 11 is 0. The molecule has 144 valence electrons. The largest absolute Gasteiger partial charge is 0.355 e. The molecular formula is C25H29N2O+. The number of hydrogen-bond donors (Lipinski definition) is 2. The molecule has 1 unspecified atom stereocenters. The highest BCUT2D eigenvalue weighted by atomic mass is 16.1. The van der Waals surface area contributed by atoms with Crippen LogP contribution in [0.5, 0.6) is 0 Å². The van der Waals surface area contributed by atoms with E-state index in [1.807, 2.05) is 66.7 Å². The van der Waals surface area contributed by atoms with E-state index in [1.54, 1.807) is 0 Å². The van der Waals surface area contributed by atoms with E-state index in [4.69, 9.17) is 0 Å². The van der Waals surface area contributed by atoms with Crippen LogP contribution in [-0.4, -0.2) is 26.0 Å². The molecule has 0 saturated heterocycles. The Bertz CT molecular complexity index is 795. The number of quaternary nitrogens is 1. The van der Waals surface area contributed by atoms with E-state index < -0.39 is 0 Å². The quantitative estimate of drug-likeness (QED) is 0.556. The fourth-order valence-corrected chi connectivity index (χ4v) is 3.52. The minimum Gasteiger partial charge on any atom is -0.355 e. The van der Waals surface area contributed by atoms with Crippen molar-refractivity contribution >= 4 is 5.91 Å². The van der Waals surface area contributed by atoms with Crippen molar-refractivity contribution in [1.82, 2.24) is 5.32 Å². The van der Waals surface area contributed by atoms with E-state index >= 15 is 0 Å². The second-order valence-electron chi connectivity index (χ2n) is 7.27. The van der Waals surface area contributed by atoms with Crippen LogP contribution in [0.25, 0.3) is 0 Å². The van der Waals surface area contributed by atoms with Gasteiger partial charge in [0.25, 0.3) is 0 Å². The second-order valence-corrected chi connectivity index (χ2v) is 7.27. The first-order valence-corrected chi connectivity index (χ1v) is 9.97. The fraction of sp³-hybridized carbons (Fsp3) is 0.240. The van der Waals surface area contributed by atoms with E-state index in [0.29, 0.717) is 6.54 Å². The zero-order valence-electron chi connectivity index (χ0n) is 16.5. The van der Waals surface area contributed by atoms with Gasteiger partial charge in [0.1, 0.15) is 6.54 Å². The highest BCUT2D eigenvalue weighted by Crippen LogP contribution is 2.24. The van der Waals surface area contributed by atoms with Crippen LogP contribution in [0.3, 0.4) is 0 Å². The molecule has 28 heavy (non-hydrogen) atoms. The van der Waals surface area contributed by atoms with Crippen LogP contribution in [-0.2, 0) is 11.3 Å². The minimum absolute atomic E-state index is 0.0677. The lowest BCUT2D eigenvalue weighted by Crippen LogP contribution is -3.07. The molecule has 2 N–H and O–H groups in total. The molecule has 0 bridgehead atoms. The van der Waals surface area contributed by atoms with Crippen LogP contribution in [0, 0.1) is 0 Å². The van der Waals surface area contributed by atoms with Crippen LogP contribution in [0.4, 0.5) is 0 Å². The Morgan fingerprint density at radius 2 is 1.32 bits per heavy atom. The SMILES string of the molecule is C[NH+](CCCNC(=O)C(c1ccccc1)c1ccccc1)Cc1ccccc1. The maximum atomic E-state index is 13.0. The zero-order chi connectivity index (χ0) is 19.6. The van der Waals surface area contributed by atoms with Gasteiger partial charge in [-0.25, -0.2) is 0 Å². The molecule has 0 aliphatic rings. The van der Waals surface area contributed by atoms with Crippen molar-refractivity contribution < 1.29 is 9.69 Å². The summed E-state index contributed by atoms with van der Waals surface area (Å²) in [5.41, 5.74) is 3.40. The maximum absolute atomic E-state index is 13.0. The van der Waals surface area contributed by atoms with Crippen molar-refractivity contribution in [3.05, 3.63) is 108 Å². The first-order valence-electron chi connectivity index (χ1n) is 9.97. The summed E-state index contributed by atoms with van der Waals surface area (Å²) in [7, 11) is 2.20. The molecule has 0 radical (unpaired) electrons. The summed E-state index contributed by atoms with van der Waals surface area (Å²) < 4.78 is 0. The van der Waals surface area contributed by atoms with Gasteiger partial charge in [0.15, 0.2) is 0 Å². The summed E-state index contributed by atoms with van der Waals surface area (Å²) in [6, 6.07) is 30.5. The molecule has 0 spiro atoms. The molecule has 0 fully saturated rings. The third-order valence-corrected chi connectivity index (χ3v) is 4.96. The fourth-order valence-electron chi connectivity index (χ4n) is 3.52. The van der Waals surface area contributed by atoms with Crippen LogP contribution in [0.2, 0.25) is 0 Å². The van der Waals surface area contributed by atoms with Gasteiger partial charge in [-0.05, 0) is 11.1 Å². The van der Waals surface area contributed by atoms with Gasteiger partial charge in [0.05, 0.1) is 19.5 Å². The molecule has 3 aromatic rings. The first-order chi connectivity index (χ1) is 13.7. The molecule has 0 aromatic heterocycles. The number of hydrogen-bond acceptors (Lipinski definition) is 1. The first kappa shape index (κ1) is 19.8. The molecule has 0 aliphatic carbocycles. The molecular weight excluding hydrogens is 344 g/mol. The van der Waals surface area contributed by atoms with E-state index in [1.165, 1.54) is 10.5 Å². The predicted octanol–water partition coefficient (Wildman–Crippen LogP) is 3.04. The molecule has 3 heteroatoms. The standard InChI is InChI=1S/C25H28N2O/c1-27(20-21-12-5-2-6-13-21)19-11-18-26-25(28)24(22-14-7-3-8-15-22)23-16-9-4-10-17-23/h2-10,12-17,24H,11,18-20H2,1H3,(H,26,28)/p+1. The van der Waals surface area contributed by atoms with Crippen LogP contribution >= 0.6 is 0 Å². The summed E-state index contributed by atoms with van der Waals surface area (Å²) in [6.07, 6.45) is 0.959. The molecule has 1 amide bonds. The smallest absolute Gasteiger partial charge is 0.232 e. The van der Waals surface area contributed by atoms with Gasteiger partial charge < -0.3 is 10.2 Å². The minimum atomic E-state index is -0.267. The molecule has 3 aromatic carbocycles. The third kappa shape index (κ3) is 5.80. The van der Waals surface area contributed by atoms with Crippen molar-refractivity contribution in [3.8, 4) is 0 Å². The summed E-state index contributed by atoms with van der Waals surface area (Å²) in [4.78, 5) is 14.4. The normalized spacial score (nSPS) is 11.9. The lowest BCUT2D eigenvalue weighted by molar-refractivity contribution is -0.893. The maximum Gasteiger partial charge on any atom is 0.232 e. The van der Waals surface area contributed by atoms with Crippen molar-refractivity contribution in [2.45, 2.75) is 18.9 Å². The predicted molar refractivity (Wildman–Crippen MR) is 114 cm³/mol. The highest BCUT2D eigenvalue weighted by Gasteiger charge is 2.22. The number of amides is 1. The van der Waals surface area contributed by atoms with Crippen molar-refractivity contribution in [3.63, 3.8) is 0 Å². The average Bonchev–Trinajstić information content (AvgIpc) is 2.74. The van der Waals surface area contributed by atoms with Gasteiger partial charge in [0, 0.05) is 18.5 Å². The molecule has 0 saturated carbocycles. The van der Waals surface area contributed by atoms with Gasteiger partial charge in [-0.1, -0.05) is 91.0 Å². The topological polar surface area (TPSA) is 33.5 Å². The molecule has 1 atom stereocenters. The van der Waals surface area contributed by atoms with E-state index in [9.17, 15) is 4.79 Å². The molecule has 0 aliphatic heterocycles. The molecule has 3 nitrogen and oxygen atoms in total. The number of nitrogens with one attached hydrogen (secondary N) is 2. The van der Waals surface area contributed by atoms with E-state index in [-0.39, 0.29) is 11.8 Å². The lowest BCUT2D eigenvalue weighted by atomic mass is 9.90. The van der Waals surface area contributed by atoms with Gasteiger partial charge in [-0.2, -0.15) is 0 Å². The Balaban J connectivity index is 1.53. The highest BCUT2D eigenvalue weighted by molar-refractivity contribution is 5.87. The Morgan fingerprint density at radius 3 is 1.86 bits per heavy atom. The number of carbonyl (C=O) groups is 1. The Morgan fingerprint density at radius 1 is 0.821 bits per heavy atom. The van der Waals surface area contributed by atoms with Gasteiger partial charge >= 0.3 is 0 Å². The Hall–Kier alpha value is -2.91. The average molecular weight is 374 g/mol. The van der Waals surface area contributed by atoms with Crippen LogP contribution < -0.4 is 10.2 Å². The van der Waals surface area contributed by atoms with Crippen LogP contribution in [0.15, 0.2) is 91.0 Å². The van der Waals surface area contributed by atoms with E-state index in [0.717, 1.165) is 30.6 Å². The third-order valence-electron chi connectivity index (χ3n) is 4.96. The molecule has 0 heterocycles. The van der Waals surface area contributed by atoms with Crippen molar-refractivity contribution in [1.29, 1.82) is 0 Å². The summed E-state index contributed by atoms with van der Waals surface area (Å²) in [5.74, 6) is -0.199. The Kier molecular flexibility index (Phi) is 7.39. The number of benzene rings is 3. The monoisotopic (exact) mass is 373 g/mol. The van der Waals surface area contributed by atoms with Gasteiger partial charge in [-0.15, -0.1) is 0 Å². The summed E-state index contributed by atoms with van der Waals surface area (Å²) in [5, 5.41) is 3.15. The van der Waals surface area contributed by atoms with Crippen molar-refractivity contribution in [2.75, 3.05) is 20.1 Å². The van der Waals surface area contributed by atoms with E-state index in [2.05, 4.69) is 36.6 Å². The summed E-state index contributed by atoms with van der Waals surface area (Å²) in [6.45, 7) is 2.73. The number of carbonyl (C=O) groups excluding carboxylic acids is 1. The van der Waals surface area contributed by atoms with Crippen LogP contribution in [0.1, 0.15) is 29.0 Å². The Labute approximate surface area is 168 Å².